The molecule has 3 rings (SSSR count). The van der Waals surface area contributed by atoms with Gasteiger partial charge in [0.25, 0.3) is 0 Å². The van der Waals surface area contributed by atoms with E-state index in [1.165, 1.54) is 31.3 Å². The minimum atomic E-state index is 0.953. The molecule has 0 unspecified atom stereocenters. The van der Waals surface area contributed by atoms with Gasteiger partial charge in [0.1, 0.15) is 0 Å². The summed E-state index contributed by atoms with van der Waals surface area (Å²) in [6.45, 7) is 4.03. The molecule has 0 aliphatic heterocycles. The smallest absolute Gasteiger partial charge is 0.0201 e. The highest BCUT2D eigenvalue weighted by molar-refractivity contribution is 5.11. The lowest BCUT2D eigenvalue weighted by Crippen LogP contribution is -2.30. The topological polar surface area (TPSA) is 0 Å². The summed E-state index contributed by atoms with van der Waals surface area (Å²) in [5, 5.41) is 0. The van der Waals surface area contributed by atoms with Gasteiger partial charge in [0.15, 0.2) is 0 Å². The van der Waals surface area contributed by atoms with Crippen molar-refractivity contribution in [3.05, 3.63) is 12.2 Å². The van der Waals surface area contributed by atoms with Crippen LogP contribution in [0, 0.1) is 11.8 Å². The van der Waals surface area contributed by atoms with Crippen LogP contribution >= 0.6 is 0 Å². The fourth-order valence-corrected chi connectivity index (χ4v) is 1.90. The molecule has 0 N–H and O–H groups in total. The van der Waals surface area contributed by atoms with Gasteiger partial charge in [-0.3, -0.25) is 0 Å². The zero-order valence-electron chi connectivity index (χ0n) is 5.19. The van der Waals surface area contributed by atoms with E-state index in [1.54, 1.807) is 0 Å². The summed E-state index contributed by atoms with van der Waals surface area (Å²) in [7, 11) is 0. The molecule has 3 fully saturated rings. The Morgan fingerprint density at radius 3 is 2.38 bits per heavy atom. The third-order valence-corrected chi connectivity index (χ3v) is 2.69. The van der Waals surface area contributed by atoms with Gasteiger partial charge in [-0.1, -0.05) is 12.2 Å². The van der Waals surface area contributed by atoms with Gasteiger partial charge in [-0.25, -0.2) is 0 Å². The molecular weight excluding hydrogens is 96.1 g/mol. The van der Waals surface area contributed by atoms with E-state index in [2.05, 4.69) is 6.58 Å². The predicted molar refractivity (Wildman–Crippen MR) is 34.6 cm³/mol. The summed E-state index contributed by atoms with van der Waals surface area (Å²) in [5.41, 5.74) is 1.53. The first-order chi connectivity index (χ1) is 3.86. The maximum atomic E-state index is 4.03. The second-order valence-electron chi connectivity index (χ2n) is 3.23. The molecule has 0 atom stereocenters. The average Bonchev–Trinajstić information content (AvgIpc) is 1.62. The Bertz CT molecular complexity index is 115. The molecule has 0 heteroatoms. The first kappa shape index (κ1) is 4.60. The Morgan fingerprint density at radius 2 is 2.12 bits per heavy atom. The van der Waals surface area contributed by atoms with Crippen LogP contribution in [-0.2, 0) is 0 Å². The van der Waals surface area contributed by atoms with Crippen molar-refractivity contribution in [2.45, 2.75) is 25.7 Å². The van der Waals surface area contributed by atoms with Crippen LogP contribution in [0.5, 0.6) is 0 Å². The maximum Gasteiger partial charge on any atom is -0.0201 e. The first-order valence-electron chi connectivity index (χ1n) is 3.54. The third-order valence-electron chi connectivity index (χ3n) is 2.69. The first-order valence-corrected chi connectivity index (χ1v) is 3.54. The predicted octanol–water partition coefficient (Wildman–Crippen LogP) is 2.36. The number of rotatable bonds is 0. The van der Waals surface area contributed by atoms with E-state index < -0.39 is 0 Å². The van der Waals surface area contributed by atoms with E-state index in [0.717, 1.165) is 11.8 Å². The fourth-order valence-electron chi connectivity index (χ4n) is 1.90. The van der Waals surface area contributed by atoms with Gasteiger partial charge in [-0.2, -0.15) is 0 Å². The van der Waals surface area contributed by atoms with Crippen LogP contribution in [0.25, 0.3) is 0 Å². The number of hydrogen-bond acceptors (Lipinski definition) is 0. The van der Waals surface area contributed by atoms with Gasteiger partial charge in [0, 0.05) is 0 Å². The lowest BCUT2D eigenvalue weighted by Gasteiger charge is -2.42. The van der Waals surface area contributed by atoms with Gasteiger partial charge in [-0.05, 0) is 37.5 Å². The molecule has 0 saturated heterocycles. The number of fused-ring (bicyclic) bond motifs is 2. The monoisotopic (exact) mass is 108 g/mol. The van der Waals surface area contributed by atoms with E-state index in [-0.39, 0.29) is 0 Å². The molecule has 0 nitrogen and oxygen atoms in total. The van der Waals surface area contributed by atoms with Crippen molar-refractivity contribution in [3.63, 3.8) is 0 Å². The van der Waals surface area contributed by atoms with Gasteiger partial charge in [0.05, 0.1) is 0 Å². The second-order valence-corrected chi connectivity index (χ2v) is 3.23. The normalized spacial score (nSPS) is 43.8. The maximum absolute atomic E-state index is 4.03. The molecular formula is C8H12. The standard InChI is InChI=1S/C8H12/c1-6-2-3-7-4-8(6)5-7/h7-8H,1-5H2. The van der Waals surface area contributed by atoms with E-state index >= 15 is 0 Å². The summed E-state index contributed by atoms with van der Waals surface area (Å²) in [6, 6.07) is 0. The van der Waals surface area contributed by atoms with Crippen molar-refractivity contribution in [2.24, 2.45) is 11.8 Å². The third kappa shape index (κ3) is 0.460. The largest absolute Gasteiger partial charge is 0.0996 e. The molecule has 44 valence electrons. The van der Waals surface area contributed by atoms with Crippen LogP contribution in [-0.4, -0.2) is 0 Å². The van der Waals surface area contributed by atoms with Crippen molar-refractivity contribution >= 4 is 0 Å². The molecule has 0 aromatic heterocycles. The minimum absolute atomic E-state index is 0.953. The molecule has 2 bridgehead atoms. The number of allylic oxidation sites excluding steroid dienone is 1. The highest BCUT2D eigenvalue weighted by Gasteiger charge is 2.34. The van der Waals surface area contributed by atoms with Crippen LogP contribution in [0.2, 0.25) is 0 Å². The zero-order valence-corrected chi connectivity index (χ0v) is 5.19. The molecule has 0 aromatic carbocycles. The van der Waals surface area contributed by atoms with Crippen molar-refractivity contribution in [2.75, 3.05) is 0 Å². The average molecular weight is 108 g/mol. The highest BCUT2D eigenvalue weighted by Crippen LogP contribution is 2.47. The molecule has 0 heterocycles. The number of hydrogen-bond donors (Lipinski definition) is 0. The quantitative estimate of drug-likeness (QED) is 0.418. The van der Waals surface area contributed by atoms with Crippen LogP contribution in [0.4, 0.5) is 0 Å². The minimum Gasteiger partial charge on any atom is -0.0996 e. The van der Waals surface area contributed by atoms with Crippen LogP contribution < -0.4 is 0 Å². The Balaban J connectivity index is 2.10. The molecule has 0 spiro atoms. The van der Waals surface area contributed by atoms with Gasteiger partial charge < -0.3 is 0 Å². The highest BCUT2D eigenvalue weighted by atomic mass is 14.4. The molecule has 3 saturated carbocycles. The summed E-state index contributed by atoms with van der Waals surface area (Å²) in [4.78, 5) is 0. The molecule has 0 amide bonds. The molecule has 0 radical (unpaired) electrons. The summed E-state index contributed by atoms with van der Waals surface area (Å²) in [5.74, 6) is 2.05. The van der Waals surface area contributed by atoms with E-state index in [4.69, 9.17) is 0 Å². The van der Waals surface area contributed by atoms with E-state index in [0.29, 0.717) is 0 Å². The Kier molecular flexibility index (Phi) is 0.787. The fraction of sp³-hybridized carbons (Fsp3) is 0.750. The van der Waals surface area contributed by atoms with Crippen molar-refractivity contribution in [1.29, 1.82) is 0 Å². The van der Waals surface area contributed by atoms with Gasteiger partial charge >= 0.3 is 0 Å². The van der Waals surface area contributed by atoms with Gasteiger partial charge in [-0.15, -0.1) is 0 Å². The Morgan fingerprint density at radius 1 is 1.38 bits per heavy atom. The molecule has 8 heavy (non-hydrogen) atoms. The second kappa shape index (κ2) is 1.37. The Hall–Kier alpha value is -0.260. The van der Waals surface area contributed by atoms with Crippen LogP contribution in [0.15, 0.2) is 12.2 Å². The summed E-state index contributed by atoms with van der Waals surface area (Å²) >= 11 is 0. The Labute approximate surface area is 50.6 Å². The summed E-state index contributed by atoms with van der Waals surface area (Å²) in [6.07, 6.45) is 5.71. The van der Waals surface area contributed by atoms with Crippen LogP contribution in [0.1, 0.15) is 25.7 Å². The summed E-state index contributed by atoms with van der Waals surface area (Å²) < 4.78 is 0. The van der Waals surface area contributed by atoms with Crippen molar-refractivity contribution in [1.82, 2.24) is 0 Å². The molecule has 3 aliphatic carbocycles. The van der Waals surface area contributed by atoms with Gasteiger partial charge in [0.2, 0.25) is 0 Å². The van der Waals surface area contributed by atoms with Crippen molar-refractivity contribution in [3.8, 4) is 0 Å². The molecule has 3 aliphatic rings. The van der Waals surface area contributed by atoms with E-state index in [1.807, 2.05) is 0 Å². The van der Waals surface area contributed by atoms with Crippen molar-refractivity contribution < 1.29 is 0 Å². The zero-order chi connectivity index (χ0) is 5.56. The van der Waals surface area contributed by atoms with E-state index in [9.17, 15) is 0 Å². The lowest BCUT2D eigenvalue weighted by molar-refractivity contribution is 0.172. The lowest BCUT2D eigenvalue weighted by atomic mass is 9.63. The SMILES string of the molecule is C=C1CCC2CC1C2. The van der Waals surface area contributed by atoms with Crippen LogP contribution in [0.3, 0.4) is 0 Å². The molecule has 0 aromatic rings.